The Morgan fingerprint density at radius 3 is 0.940 bits per heavy atom. The minimum absolute atomic E-state index is 0.309. The molecule has 0 aromatic heterocycles. The van der Waals surface area contributed by atoms with E-state index in [-0.39, 0.29) is 4.48 Å². The van der Waals surface area contributed by atoms with E-state index in [0.717, 1.165) is 0 Å². The zero-order valence-electron chi connectivity index (χ0n) is 24.0. The van der Waals surface area contributed by atoms with Crippen LogP contribution in [0.2, 0.25) is 0 Å². The van der Waals surface area contributed by atoms with E-state index in [4.69, 9.17) is 0 Å². The van der Waals surface area contributed by atoms with Gasteiger partial charge in [0.25, 0.3) is 0 Å². The first-order valence-electron chi connectivity index (χ1n) is 12.0. The molecular formula is C20H19F25NO3S+. The quantitative estimate of drug-likeness (QED) is 0.123. The van der Waals surface area contributed by atoms with Gasteiger partial charge in [-0.25, -0.2) is 8.42 Å². The van der Waals surface area contributed by atoms with Gasteiger partial charge in [0.2, 0.25) is 0 Å². The highest BCUT2D eigenvalue weighted by atomic mass is 32.2. The van der Waals surface area contributed by atoms with Crippen LogP contribution < -0.4 is 0 Å². The molecule has 0 heterocycles. The summed E-state index contributed by atoms with van der Waals surface area (Å²) < 4.78 is 361. The lowest BCUT2D eigenvalue weighted by Gasteiger charge is -2.45. The topological polar surface area (TPSA) is 54.4 Å². The van der Waals surface area contributed by atoms with Gasteiger partial charge < -0.3 is 9.59 Å². The molecule has 0 spiro atoms. The summed E-state index contributed by atoms with van der Waals surface area (Å²) in [6, 6.07) is 0. The number of sulfone groups is 1. The third kappa shape index (κ3) is 7.21. The van der Waals surface area contributed by atoms with Gasteiger partial charge in [0.05, 0.1) is 32.6 Å². The highest BCUT2D eigenvalue weighted by molar-refractivity contribution is 7.91. The molecule has 302 valence electrons. The maximum atomic E-state index is 14.0. The Balaban J connectivity index is 7.02. The van der Waals surface area contributed by atoms with Crippen LogP contribution in [0.5, 0.6) is 0 Å². The standard InChI is InChI=1S/C20H19F25NO3S/c1-46(2,3)6-8(47)7-50(48,49)5-4-9(21,22)10(23,24)11(25,26)12(27,28)13(29,30)14(31,32)15(33,34)16(35,36)17(37,38)18(39,40)19(41,42)20(43,44)45/h8,47H,4-7H2,1-3H3/q+1. The molecule has 0 aromatic rings. The van der Waals surface area contributed by atoms with Crippen molar-refractivity contribution in [3.05, 3.63) is 0 Å². The molecule has 4 nitrogen and oxygen atoms in total. The van der Waals surface area contributed by atoms with E-state index < -0.39 is 112 Å². The van der Waals surface area contributed by atoms with Crippen LogP contribution in [-0.4, -0.2) is 135 Å². The Morgan fingerprint density at radius 2 is 0.700 bits per heavy atom. The van der Waals surface area contributed by atoms with Crippen LogP contribution in [0.15, 0.2) is 0 Å². The van der Waals surface area contributed by atoms with Crippen LogP contribution in [0.3, 0.4) is 0 Å². The van der Waals surface area contributed by atoms with Crippen molar-refractivity contribution >= 4 is 9.84 Å². The monoisotopic (exact) mass is 828 g/mol. The Hall–Kier alpha value is -1.88. The second-order valence-electron chi connectivity index (χ2n) is 11.4. The molecule has 0 rings (SSSR count). The molecule has 0 aliphatic heterocycles. The zero-order chi connectivity index (χ0) is 41.4. The average Bonchev–Trinajstić information content (AvgIpc) is 2.84. The van der Waals surface area contributed by atoms with Crippen LogP contribution in [0.25, 0.3) is 0 Å². The zero-order valence-corrected chi connectivity index (χ0v) is 24.8. The summed E-state index contributed by atoms with van der Waals surface area (Å²) in [5.74, 6) is -104. The molecule has 0 aliphatic carbocycles. The molecule has 1 unspecified atom stereocenters. The number of nitrogens with zero attached hydrogens (tertiary/aromatic N) is 1. The maximum Gasteiger partial charge on any atom is 0.460 e. The van der Waals surface area contributed by atoms with Gasteiger partial charge in [0, 0.05) is 6.42 Å². The molecular weight excluding hydrogens is 809 g/mol. The van der Waals surface area contributed by atoms with Gasteiger partial charge in [-0.15, -0.1) is 0 Å². The van der Waals surface area contributed by atoms with E-state index in [2.05, 4.69) is 0 Å². The van der Waals surface area contributed by atoms with E-state index >= 15 is 0 Å². The summed E-state index contributed by atoms with van der Waals surface area (Å²) in [4.78, 5) is 0. The molecule has 30 heteroatoms. The van der Waals surface area contributed by atoms with E-state index in [1.54, 1.807) is 0 Å². The number of aliphatic hydroxyl groups excluding tert-OH is 1. The minimum Gasteiger partial charge on any atom is -0.386 e. The first-order valence-corrected chi connectivity index (χ1v) is 13.8. The van der Waals surface area contributed by atoms with Crippen molar-refractivity contribution in [1.82, 2.24) is 0 Å². The molecule has 1 N–H and O–H groups in total. The number of rotatable bonds is 17. The Morgan fingerprint density at radius 1 is 0.460 bits per heavy atom. The van der Waals surface area contributed by atoms with Crippen LogP contribution in [-0.2, 0) is 9.84 Å². The van der Waals surface area contributed by atoms with E-state index in [1.807, 2.05) is 0 Å². The van der Waals surface area contributed by atoms with Crippen molar-refractivity contribution in [3.63, 3.8) is 0 Å². The predicted molar refractivity (Wildman–Crippen MR) is 113 cm³/mol. The van der Waals surface area contributed by atoms with Gasteiger partial charge in [0.15, 0.2) is 9.84 Å². The summed E-state index contributed by atoms with van der Waals surface area (Å²) in [5, 5.41) is 9.61. The van der Waals surface area contributed by atoms with E-state index in [9.17, 15) is 123 Å². The molecule has 0 radical (unpaired) electrons. The van der Waals surface area contributed by atoms with Crippen LogP contribution in [0.1, 0.15) is 6.42 Å². The van der Waals surface area contributed by atoms with Gasteiger partial charge in [-0.1, -0.05) is 0 Å². The van der Waals surface area contributed by atoms with Crippen molar-refractivity contribution < 1.29 is 128 Å². The third-order valence-corrected chi connectivity index (χ3v) is 8.02. The minimum atomic E-state index is -9.68. The molecule has 0 saturated heterocycles. The van der Waals surface area contributed by atoms with Gasteiger partial charge in [0.1, 0.15) is 12.6 Å². The smallest absolute Gasteiger partial charge is 0.386 e. The molecule has 0 bridgehead atoms. The first-order chi connectivity index (χ1) is 21.1. The molecule has 0 saturated carbocycles. The van der Waals surface area contributed by atoms with Gasteiger partial charge in [-0.05, 0) is 0 Å². The summed E-state index contributed by atoms with van der Waals surface area (Å²) in [6.45, 7) is -0.586. The normalized spacial score (nSPS) is 17.3. The van der Waals surface area contributed by atoms with Crippen molar-refractivity contribution in [1.29, 1.82) is 0 Å². The van der Waals surface area contributed by atoms with Crippen molar-refractivity contribution in [2.24, 2.45) is 0 Å². The number of alkyl halides is 25. The SMILES string of the molecule is C[N+](C)(C)CC(O)CS(=O)(=O)CCC(F)(F)C(F)(F)C(F)(F)C(F)(F)C(F)(F)C(F)(F)C(F)(F)C(F)(F)C(F)(F)C(F)(F)C(F)(F)C(F)(F)F. The van der Waals surface area contributed by atoms with Gasteiger partial charge in [-0.3, -0.25) is 0 Å². The lowest BCUT2D eigenvalue weighted by molar-refractivity contribution is -0.873. The molecule has 1 atom stereocenters. The third-order valence-electron chi connectivity index (χ3n) is 6.30. The predicted octanol–water partition coefficient (Wildman–Crippen LogP) is 7.41. The largest absolute Gasteiger partial charge is 0.460 e. The van der Waals surface area contributed by atoms with Gasteiger partial charge in [-0.2, -0.15) is 110 Å². The molecule has 0 amide bonds. The lowest BCUT2D eigenvalue weighted by Crippen LogP contribution is -2.78. The number of halogens is 25. The van der Waals surface area contributed by atoms with Gasteiger partial charge >= 0.3 is 71.3 Å². The fraction of sp³-hybridized carbons (Fsp3) is 1.00. The van der Waals surface area contributed by atoms with Crippen LogP contribution >= 0.6 is 0 Å². The van der Waals surface area contributed by atoms with Crippen molar-refractivity contribution in [2.45, 2.75) is 83.8 Å². The number of aliphatic hydroxyl groups is 1. The highest BCUT2D eigenvalue weighted by Gasteiger charge is 2.99. The summed E-state index contributed by atoms with van der Waals surface area (Å²) in [7, 11) is -1.59. The number of hydrogen-bond acceptors (Lipinski definition) is 3. The highest BCUT2D eigenvalue weighted by Crippen LogP contribution is 2.67. The average molecular weight is 828 g/mol. The van der Waals surface area contributed by atoms with Crippen LogP contribution in [0.4, 0.5) is 110 Å². The summed E-state index contributed by atoms with van der Waals surface area (Å²) in [6.07, 6.45) is -13.7. The molecule has 0 fully saturated rings. The number of quaternary nitrogens is 1. The second kappa shape index (κ2) is 12.6. The van der Waals surface area contributed by atoms with E-state index in [0.29, 0.717) is 0 Å². The Bertz CT molecular complexity index is 1310. The van der Waals surface area contributed by atoms with Crippen molar-refractivity contribution in [2.75, 3.05) is 39.2 Å². The van der Waals surface area contributed by atoms with Crippen molar-refractivity contribution in [3.8, 4) is 0 Å². The molecule has 50 heavy (non-hydrogen) atoms. The summed E-state index contributed by atoms with van der Waals surface area (Å²) >= 11 is 0. The Labute approximate surface area is 261 Å². The fourth-order valence-corrected chi connectivity index (χ4v) is 4.91. The Kier molecular flexibility index (Phi) is 12.1. The maximum absolute atomic E-state index is 14.0. The first kappa shape index (κ1) is 48.1. The van der Waals surface area contributed by atoms with Crippen LogP contribution in [0, 0.1) is 0 Å². The molecule has 0 aliphatic rings. The lowest BCUT2D eigenvalue weighted by atomic mass is 9.84. The van der Waals surface area contributed by atoms with E-state index in [1.165, 1.54) is 21.1 Å². The second-order valence-corrected chi connectivity index (χ2v) is 13.7. The number of hydrogen-bond donors (Lipinski definition) is 1. The number of likely N-dealkylation sites (N-methyl/N-ethyl adjacent to an activating group) is 1. The molecule has 0 aromatic carbocycles. The summed E-state index contributed by atoms with van der Waals surface area (Å²) in [5.41, 5.74) is 0. The fourth-order valence-electron chi connectivity index (χ4n) is 3.49.